The lowest BCUT2D eigenvalue weighted by Gasteiger charge is -2.32. The van der Waals surface area contributed by atoms with Crippen molar-refractivity contribution in [3.05, 3.63) is 71.0 Å². The first-order chi connectivity index (χ1) is 12.2. The summed E-state index contributed by atoms with van der Waals surface area (Å²) in [5.41, 5.74) is 5.07. The second-order valence-electron chi connectivity index (χ2n) is 6.60. The van der Waals surface area contributed by atoms with Gasteiger partial charge in [-0.3, -0.25) is 0 Å². The normalized spacial score (nSPS) is 19.2. The molecule has 128 valence electrons. The molecular weight excluding hydrogens is 312 g/mol. The molecule has 2 heterocycles. The Morgan fingerprint density at radius 3 is 2.76 bits per heavy atom. The summed E-state index contributed by atoms with van der Waals surface area (Å²) in [7, 11) is 1.70. The summed E-state index contributed by atoms with van der Waals surface area (Å²) in [5, 5.41) is 7.95. The van der Waals surface area contributed by atoms with E-state index in [0.29, 0.717) is 0 Å². The number of aryl methyl sites for hydroxylation is 2. The van der Waals surface area contributed by atoms with Gasteiger partial charge >= 0.3 is 0 Å². The van der Waals surface area contributed by atoms with Crippen LogP contribution >= 0.6 is 0 Å². The first kappa shape index (κ1) is 15.7. The van der Waals surface area contributed by atoms with Crippen LogP contribution in [-0.4, -0.2) is 21.9 Å². The third kappa shape index (κ3) is 2.86. The molecule has 0 unspecified atom stereocenters. The summed E-state index contributed by atoms with van der Waals surface area (Å²) in [5.74, 6) is 1.68. The fraction of sp³-hybridized carbons (Fsp3) is 0.300. The van der Waals surface area contributed by atoms with Gasteiger partial charge in [0, 0.05) is 0 Å². The number of nitrogens with one attached hydrogen (secondary N) is 1. The highest BCUT2D eigenvalue weighted by atomic mass is 16.5. The van der Waals surface area contributed by atoms with E-state index in [1.165, 1.54) is 22.3 Å². The number of ether oxygens (including phenoxy) is 1. The highest BCUT2D eigenvalue weighted by Crippen LogP contribution is 2.38. The third-order valence-corrected chi connectivity index (χ3v) is 5.04. The number of rotatable bonds is 3. The molecule has 0 spiro atoms. The van der Waals surface area contributed by atoms with Crippen LogP contribution in [0.1, 0.15) is 40.8 Å². The van der Waals surface area contributed by atoms with Crippen LogP contribution in [0.3, 0.4) is 0 Å². The zero-order valence-electron chi connectivity index (χ0n) is 14.7. The Hall–Kier alpha value is -2.82. The Kier molecular flexibility index (Phi) is 3.92. The van der Waals surface area contributed by atoms with Crippen LogP contribution in [0, 0.1) is 13.8 Å². The van der Waals surface area contributed by atoms with Crippen LogP contribution in [0.15, 0.2) is 48.8 Å². The van der Waals surface area contributed by atoms with Gasteiger partial charge in [-0.2, -0.15) is 10.1 Å². The molecule has 0 bridgehead atoms. The van der Waals surface area contributed by atoms with Crippen molar-refractivity contribution in [3.63, 3.8) is 0 Å². The van der Waals surface area contributed by atoms with Crippen LogP contribution < -0.4 is 10.1 Å². The largest absolute Gasteiger partial charge is 0.497 e. The Balaban J connectivity index is 1.73. The standard InChI is InChI=1S/C20H22N4O/c1-13-7-8-16(9-14(13)2)19-11-18(23-20-21-12-22-24(19)20)15-5-4-6-17(10-15)25-3/h4-10,12,18-19H,11H2,1-3H3,(H,21,22,23)/t18-,19+/m1/s1. The molecule has 25 heavy (non-hydrogen) atoms. The Labute approximate surface area is 147 Å². The summed E-state index contributed by atoms with van der Waals surface area (Å²) in [6.07, 6.45) is 2.52. The molecule has 1 aliphatic rings. The Morgan fingerprint density at radius 1 is 1.08 bits per heavy atom. The van der Waals surface area contributed by atoms with Crippen molar-refractivity contribution in [2.75, 3.05) is 12.4 Å². The second kappa shape index (κ2) is 6.24. The fourth-order valence-electron chi connectivity index (χ4n) is 3.45. The third-order valence-electron chi connectivity index (χ3n) is 5.04. The van der Waals surface area contributed by atoms with E-state index in [2.05, 4.69) is 59.6 Å². The van der Waals surface area contributed by atoms with Crippen molar-refractivity contribution in [3.8, 4) is 5.75 Å². The van der Waals surface area contributed by atoms with Crippen LogP contribution in [0.4, 0.5) is 5.95 Å². The summed E-state index contributed by atoms with van der Waals surface area (Å²) >= 11 is 0. The SMILES string of the molecule is COc1cccc([C@H]2C[C@@H](c3ccc(C)c(C)c3)n3ncnc3N2)c1. The summed E-state index contributed by atoms with van der Waals surface area (Å²) in [6.45, 7) is 4.29. The van der Waals surface area contributed by atoms with Gasteiger partial charge in [0.1, 0.15) is 12.1 Å². The van der Waals surface area contributed by atoms with E-state index in [-0.39, 0.29) is 12.1 Å². The minimum absolute atomic E-state index is 0.161. The van der Waals surface area contributed by atoms with E-state index in [4.69, 9.17) is 4.74 Å². The van der Waals surface area contributed by atoms with Gasteiger partial charge in [0.15, 0.2) is 0 Å². The van der Waals surface area contributed by atoms with Crippen molar-refractivity contribution in [2.45, 2.75) is 32.4 Å². The number of hydrogen-bond acceptors (Lipinski definition) is 4. The molecule has 0 amide bonds. The molecule has 0 saturated heterocycles. The first-order valence-electron chi connectivity index (χ1n) is 8.53. The second-order valence-corrected chi connectivity index (χ2v) is 6.60. The van der Waals surface area contributed by atoms with E-state index in [9.17, 15) is 0 Å². The number of hydrogen-bond donors (Lipinski definition) is 1. The van der Waals surface area contributed by atoms with Gasteiger partial charge in [-0.25, -0.2) is 4.68 Å². The van der Waals surface area contributed by atoms with Crippen molar-refractivity contribution in [1.82, 2.24) is 14.8 Å². The van der Waals surface area contributed by atoms with E-state index in [0.717, 1.165) is 18.1 Å². The predicted molar refractivity (Wildman–Crippen MR) is 98.1 cm³/mol. The number of methoxy groups -OCH3 is 1. The zero-order valence-corrected chi connectivity index (χ0v) is 14.7. The average Bonchev–Trinajstić information content (AvgIpc) is 3.12. The molecule has 0 saturated carbocycles. The minimum Gasteiger partial charge on any atom is -0.497 e. The minimum atomic E-state index is 0.161. The highest BCUT2D eigenvalue weighted by Gasteiger charge is 2.30. The number of anilines is 1. The molecule has 0 aliphatic carbocycles. The maximum atomic E-state index is 5.38. The molecule has 3 aromatic rings. The summed E-state index contributed by atoms with van der Waals surface area (Å²) in [6, 6.07) is 15.2. The van der Waals surface area contributed by atoms with Crippen LogP contribution in [-0.2, 0) is 0 Å². The van der Waals surface area contributed by atoms with Gasteiger partial charge < -0.3 is 10.1 Å². The molecule has 5 nitrogen and oxygen atoms in total. The van der Waals surface area contributed by atoms with Gasteiger partial charge in [-0.1, -0.05) is 30.3 Å². The van der Waals surface area contributed by atoms with Gasteiger partial charge in [-0.05, 0) is 54.7 Å². The zero-order chi connectivity index (χ0) is 17.4. The van der Waals surface area contributed by atoms with Crippen molar-refractivity contribution >= 4 is 5.95 Å². The van der Waals surface area contributed by atoms with Crippen molar-refractivity contribution in [1.29, 1.82) is 0 Å². The molecule has 2 atom stereocenters. The van der Waals surface area contributed by atoms with Crippen LogP contribution in [0.5, 0.6) is 5.75 Å². The van der Waals surface area contributed by atoms with E-state index >= 15 is 0 Å². The molecule has 2 aromatic carbocycles. The van der Waals surface area contributed by atoms with Gasteiger partial charge in [0.05, 0.1) is 19.2 Å². The average molecular weight is 334 g/mol. The Morgan fingerprint density at radius 2 is 1.96 bits per heavy atom. The van der Waals surface area contributed by atoms with Crippen molar-refractivity contribution in [2.24, 2.45) is 0 Å². The fourth-order valence-corrected chi connectivity index (χ4v) is 3.45. The van der Waals surface area contributed by atoms with E-state index in [1.807, 2.05) is 16.8 Å². The maximum absolute atomic E-state index is 5.38. The molecule has 0 radical (unpaired) electrons. The molecule has 5 heteroatoms. The highest BCUT2D eigenvalue weighted by molar-refractivity contribution is 5.41. The van der Waals surface area contributed by atoms with E-state index < -0.39 is 0 Å². The molecule has 1 aromatic heterocycles. The number of fused-ring (bicyclic) bond motifs is 1. The van der Waals surface area contributed by atoms with Crippen LogP contribution in [0.25, 0.3) is 0 Å². The number of nitrogens with zero attached hydrogens (tertiary/aromatic N) is 3. The monoisotopic (exact) mass is 334 g/mol. The summed E-state index contributed by atoms with van der Waals surface area (Å²) in [4.78, 5) is 4.40. The lowest BCUT2D eigenvalue weighted by Crippen LogP contribution is -2.28. The maximum Gasteiger partial charge on any atom is 0.222 e. The summed E-state index contributed by atoms with van der Waals surface area (Å²) < 4.78 is 7.37. The van der Waals surface area contributed by atoms with Crippen molar-refractivity contribution < 1.29 is 4.74 Å². The molecule has 1 N–H and O–H groups in total. The van der Waals surface area contributed by atoms with Gasteiger partial charge in [-0.15, -0.1) is 0 Å². The van der Waals surface area contributed by atoms with Gasteiger partial charge in [0.2, 0.25) is 5.95 Å². The number of aromatic nitrogens is 3. The molecule has 0 fully saturated rings. The molecular formula is C20H22N4O. The quantitative estimate of drug-likeness (QED) is 0.785. The Bertz CT molecular complexity index is 902. The van der Waals surface area contributed by atoms with Gasteiger partial charge in [0.25, 0.3) is 0 Å². The van der Waals surface area contributed by atoms with Crippen LogP contribution in [0.2, 0.25) is 0 Å². The lowest BCUT2D eigenvalue weighted by atomic mass is 9.92. The topological polar surface area (TPSA) is 52.0 Å². The first-order valence-corrected chi connectivity index (χ1v) is 8.53. The smallest absolute Gasteiger partial charge is 0.222 e. The number of benzene rings is 2. The lowest BCUT2D eigenvalue weighted by molar-refractivity contribution is 0.410. The molecule has 4 rings (SSSR count). The molecule has 1 aliphatic heterocycles. The van der Waals surface area contributed by atoms with E-state index in [1.54, 1.807) is 13.4 Å². The predicted octanol–water partition coefficient (Wildman–Crippen LogP) is 4.05.